The first-order chi connectivity index (χ1) is 5.77. The molecule has 0 spiro atoms. The molecule has 0 radical (unpaired) electrons. The second-order valence-corrected chi connectivity index (χ2v) is 3.08. The smallest absolute Gasteiger partial charge is 0.0791 e. The zero-order valence-electron chi connectivity index (χ0n) is 8.02. The van der Waals surface area contributed by atoms with E-state index in [4.69, 9.17) is 0 Å². The van der Waals surface area contributed by atoms with Crippen molar-refractivity contribution in [3.63, 3.8) is 0 Å². The SMILES string of the molecule is CCCc1cc(C(C)NC)n[nH]1. The number of hydrogen-bond acceptors (Lipinski definition) is 2. The van der Waals surface area contributed by atoms with Crippen molar-refractivity contribution in [3.8, 4) is 0 Å². The number of aromatic nitrogens is 2. The maximum absolute atomic E-state index is 4.22. The Morgan fingerprint density at radius 2 is 2.42 bits per heavy atom. The van der Waals surface area contributed by atoms with Gasteiger partial charge >= 0.3 is 0 Å². The van der Waals surface area contributed by atoms with Gasteiger partial charge in [-0.05, 0) is 26.5 Å². The molecule has 0 saturated heterocycles. The van der Waals surface area contributed by atoms with Crippen molar-refractivity contribution < 1.29 is 0 Å². The predicted octanol–water partition coefficient (Wildman–Crippen LogP) is 1.64. The Labute approximate surface area is 73.6 Å². The summed E-state index contributed by atoms with van der Waals surface area (Å²) in [6.07, 6.45) is 2.25. The van der Waals surface area contributed by atoms with Gasteiger partial charge in [0.2, 0.25) is 0 Å². The maximum Gasteiger partial charge on any atom is 0.0791 e. The molecule has 1 aromatic rings. The Morgan fingerprint density at radius 3 is 3.00 bits per heavy atom. The zero-order chi connectivity index (χ0) is 8.97. The third-order valence-corrected chi connectivity index (χ3v) is 2.05. The van der Waals surface area contributed by atoms with Crippen molar-refractivity contribution in [2.24, 2.45) is 0 Å². The topological polar surface area (TPSA) is 40.7 Å². The lowest BCUT2D eigenvalue weighted by Crippen LogP contribution is -2.12. The van der Waals surface area contributed by atoms with Gasteiger partial charge in [-0.1, -0.05) is 13.3 Å². The second-order valence-electron chi connectivity index (χ2n) is 3.08. The van der Waals surface area contributed by atoms with Gasteiger partial charge in [-0.25, -0.2) is 0 Å². The molecule has 3 nitrogen and oxygen atoms in total. The molecule has 0 aliphatic heterocycles. The minimum atomic E-state index is 0.340. The normalized spacial score (nSPS) is 13.2. The van der Waals surface area contributed by atoms with Crippen LogP contribution in [0.4, 0.5) is 0 Å². The number of rotatable bonds is 4. The molecule has 1 aromatic heterocycles. The highest BCUT2D eigenvalue weighted by Gasteiger charge is 2.06. The summed E-state index contributed by atoms with van der Waals surface area (Å²) in [5, 5.41) is 10.4. The third kappa shape index (κ3) is 2.08. The molecule has 0 amide bonds. The van der Waals surface area contributed by atoms with Crippen LogP contribution in [0.5, 0.6) is 0 Å². The fourth-order valence-corrected chi connectivity index (χ4v) is 1.15. The summed E-state index contributed by atoms with van der Waals surface area (Å²) in [5.74, 6) is 0. The Kier molecular flexibility index (Phi) is 3.29. The number of H-pyrrole nitrogens is 1. The summed E-state index contributed by atoms with van der Waals surface area (Å²) in [6.45, 7) is 4.27. The minimum Gasteiger partial charge on any atom is -0.312 e. The molecule has 0 aromatic carbocycles. The molecule has 2 N–H and O–H groups in total. The van der Waals surface area contributed by atoms with Crippen LogP contribution in [0.3, 0.4) is 0 Å². The van der Waals surface area contributed by atoms with Crippen LogP contribution >= 0.6 is 0 Å². The van der Waals surface area contributed by atoms with Crippen LogP contribution in [0.15, 0.2) is 6.07 Å². The van der Waals surface area contributed by atoms with E-state index in [0.717, 1.165) is 18.5 Å². The average Bonchev–Trinajstić information content (AvgIpc) is 2.52. The molecule has 1 heterocycles. The summed E-state index contributed by atoms with van der Waals surface area (Å²) in [5.41, 5.74) is 2.33. The van der Waals surface area contributed by atoms with E-state index < -0.39 is 0 Å². The first kappa shape index (κ1) is 9.26. The van der Waals surface area contributed by atoms with Crippen LogP contribution in [-0.4, -0.2) is 17.2 Å². The monoisotopic (exact) mass is 167 g/mol. The fraction of sp³-hybridized carbons (Fsp3) is 0.667. The largest absolute Gasteiger partial charge is 0.312 e. The summed E-state index contributed by atoms with van der Waals surface area (Å²) in [4.78, 5) is 0. The highest BCUT2D eigenvalue weighted by atomic mass is 15.1. The highest BCUT2D eigenvalue weighted by Crippen LogP contribution is 2.10. The van der Waals surface area contributed by atoms with Gasteiger partial charge in [0.25, 0.3) is 0 Å². The molecular weight excluding hydrogens is 150 g/mol. The van der Waals surface area contributed by atoms with Gasteiger partial charge in [0.05, 0.1) is 5.69 Å². The molecule has 0 fully saturated rings. The maximum atomic E-state index is 4.22. The van der Waals surface area contributed by atoms with Crippen LogP contribution in [0.1, 0.15) is 37.7 Å². The van der Waals surface area contributed by atoms with Gasteiger partial charge in [0.15, 0.2) is 0 Å². The van der Waals surface area contributed by atoms with Crippen LogP contribution in [0, 0.1) is 0 Å². The zero-order valence-corrected chi connectivity index (χ0v) is 8.02. The molecule has 1 atom stereocenters. The van der Waals surface area contributed by atoms with Gasteiger partial charge in [0, 0.05) is 11.7 Å². The quantitative estimate of drug-likeness (QED) is 0.715. The number of hydrogen-bond donors (Lipinski definition) is 2. The number of nitrogens with zero attached hydrogens (tertiary/aromatic N) is 1. The molecular formula is C9H17N3. The van der Waals surface area contributed by atoms with Crippen LogP contribution in [0.2, 0.25) is 0 Å². The lowest BCUT2D eigenvalue weighted by atomic mass is 10.2. The molecule has 68 valence electrons. The van der Waals surface area contributed by atoms with Crippen molar-refractivity contribution in [2.45, 2.75) is 32.7 Å². The van der Waals surface area contributed by atoms with Gasteiger partial charge in [0.1, 0.15) is 0 Å². The molecule has 12 heavy (non-hydrogen) atoms. The summed E-state index contributed by atoms with van der Waals surface area (Å²) in [6, 6.07) is 2.47. The number of aromatic amines is 1. The molecule has 1 unspecified atom stereocenters. The van der Waals surface area contributed by atoms with E-state index in [-0.39, 0.29) is 0 Å². The second kappa shape index (κ2) is 4.26. The van der Waals surface area contributed by atoms with Crippen molar-refractivity contribution in [3.05, 3.63) is 17.5 Å². The van der Waals surface area contributed by atoms with Crippen LogP contribution in [-0.2, 0) is 6.42 Å². The Morgan fingerprint density at radius 1 is 1.67 bits per heavy atom. The van der Waals surface area contributed by atoms with E-state index in [1.165, 1.54) is 5.69 Å². The average molecular weight is 167 g/mol. The van der Waals surface area contributed by atoms with Gasteiger partial charge in [-0.2, -0.15) is 5.10 Å². The molecule has 0 aliphatic carbocycles. The Balaban J connectivity index is 2.63. The Bertz CT molecular complexity index is 229. The summed E-state index contributed by atoms with van der Waals surface area (Å²) in [7, 11) is 1.94. The molecule has 1 rings (SSSR count). The van der Waals surface area contributed by atoms with E-state index in [1.54, 1.807) is 0 Å². The Hall–Kier alpha value is -0.830. The predicted molar refractivity (Wildman–Crippen MR) is 50.1 cm³/mol. The third-order valence-electron chi connectivity index (χ3n) is 2.05. The van der Waals surface area contributed by atoms with Crippen LogP contribution < -0.4 is 5.32 Å². The van der Waals surface area contributed by atoms with E-state index in [2.05, 4.69) is 35.4 Å². The van der Waals surface area contributed by atoms with Crippen molar-refractivity contribution in [1.29, 1.82) is 0 Å². The van der Waals surface area contributed by atoms with Crippen molar-refractivity contribution >= 4 is 0 Å². The summed E-state index contributed by atoms with van der Waals surface area (Å²) >= 11 is 0. The summed E-state index contributed by atoms with van der Waals surface area (Å²) < 4.78 is 0. The standard InChI is InChI=1S/C9H17N3/c1-4-5-8-6-9(12-11-8)7(2)10-3/h6-7,10H,4-5H2,1-3H3,(H,11,12). The highest BCUT2D eigenvalue weighted by molar-refractivity contribution is 5.11. The van der Waals surface area contributed by atoms with Gasteiger partial charge in [-0.3, -0.25) is 5.10 Å². The first-order valence-corrected chi connectivity index (χ1v) is 4.49. The van der Waals surface area contributed by atoms with Gasteiger partial charge < -0.3 is 5.32 Å². The van der Waals surface area contributed by atoms with Gasteiger partial charge in [-0.15, -0.1) is 0 Å². The number of nitrogens with one attached hydrogen (secondary N) is 2. The first-order valence-electron chi connectivity index (χ1n) is 4.49. The molecule has 3 heteroatoms. The minimum absolute atomic E-state index is 0.340. The fourth-order valence-electron chi connectivity index (χ4n) is 1.15. The van der Waals surface area contributed by atoms with E-state index in [0.29, 0.717) is 6.04 Å². The number of aryl methyl sites for hydroxylation is 1. The molecule has 0 aliphatic rings. The molecule has 0 bridgehead atoms. The molecule has 0 saturated carbocycles. The van der Waals surface area contributed by atoms with Crippen molar-refractivity contribution in [1.82, 2.24) is 15.5 Å². The van der Waals surface area contributed by atoms with E-state index >= 15 is 0 Å². The lowest BCUT2D eigenvalue weighted by molar-refractivity contribution is 0.630. The lowest BCUT2D eigenvalue weighted by Gasteiger charge is -2.03. The van der Waals surface area contributed by atoms with E-state index in [1.807, 2.05) is 7.05 Å². The van der Waals surface area contributed by atoms with Crippen LogP contribution in [0.25, 0.3) is 0 Å². The van der Waals surface area contributed by atoms with Crippen molar-refractivity contribution in [2.75, 3.05) is 7.05 Å². The van der Waals surface area contributed by atoms with E-state index in [9.17, 15) is 0 Å².